The van der Waals surface area contributed by atoms with Gasteiger partial charge in [-0.25, -0.2) is 4.39 Å². The monoisotopic (exact) mass is 349 g/mol. The summed E-state index contributed by atoms with van der Waals surface area (Å²) in [4.78, 5) is 16.4. The Labute approximate surface area is 152 Å². The molecule has 3 rings (SSSR count). The van der Waals surface area contributed by atoms with Crippen molar-refractivity contribution in [3.05, 3.63) is 89.0 Å². The van der Waals surface area contributed by atoms with E-state index in [4.69, 9.17) is 0 Å². The molecule has 0 atom stereocenters. The Bertz CT molecular complexity index is 940. The summed E-state index contributed by atoms with van der Waals surface area (Å²) in [6.45, 7) is 4.22. The van der Waals surface area contributed by atoms with E-state index < -0.39 is 0 Å². The van der Waals surface area contributed by atoms with Crippen LogP contribution in [0.15, 0.2) is 60.8 Å². The maximum absolute atomic E-state index is 13.6. The highest BCUT2D eigenvalue weighted by molar-refractivity contribution is 5.93. The van der Waals surface area contributed by atoms with E-state index >= 15 is 0 Å². The second-order valence-corrected chi connectivity index (χ2v) is 6.13. The molecule has 0 fully saturated rings. The molecular formula is C21H20FN3O. The van der Waals surface area contributed by atoms with E-state index in [-0.39, 0.29) is 24.0 Å². The van der Waals surface area contributed by atoms with Gasteiger partial charge in [0.15, 0.2) is 0 Å². The number of hydrogen-bond acceptors (Lipinski definition) is 3. The van der Waals surface area contributed by atoms with Gasteiger partial charge >= 0.3 is 0 Å². The number of anilines is 2. The zero-order valence-corrected chi connectivity index (χ0v) is 14.7. The molecule has 0 aliphatic carbocycles. The second-order valence-electron chi connectivity index (χ2n) is 6.13. The van der Waals surface area contributed by atoms with Gasteiger partial charge in [-0.1, -0.05) is 24.3 Å². The third kappa shape index (κ3) is 4.25. The van der Waals surface area contributed by atoms with Crippen LogP contribution in [0.3, 0.4) is 0 Å². The Morgan fingerprint density at radius 2 is 1.77 bits per heavy atom. The van der Waals surface area contributed by atoms with Crippen molar-refractivity contribution in [2.45, 2.75) is 20.4 Å². The molecule has 132 valence electrons. The lowest BCUT2D eigenvalue weighted by molar-refractivity contribution is 0.0945. The van der Waals surface area contributed by atoms with Crippen molar-refractivity contribution >= 4 is 17.3 Å². The van der Waals surface area contributed by atoms with Crippen molar-refractivity contribution in [1.82, 2.24) is 10.3 Å². The molecule has 0 radical (unpaired) electrons. The molecule has 26 heavy (non-hydrogen) atoms. The number of halogens is 1. The minimum atomic E-state index is -0.350. The van der Waals surface area contributed by atoms with Gasteiger partial charge in [-0.3, -0.25) is 9.78 Å². The standard InChI is InChI=1S/C21H20FN3O/c1-14-7-8-17(11-15(14)2)25-18-9-10-23-20(12-18)21(26)24-13-16-5-3-4-6-19(16)22/h3-12H,13H2,1-2H3,(H,23,25)(H,24,26). The van der Waals surface area contributed by atoms with Gasteiger partial charge in [0.05, 0.1) is 0 Å². The van der Waals surface area contributed by atoms with Crippen molar-refractivity contribution in [1.29, 1.82) is 0 Å². The molecule has 1 aromatic heterocycles. The number of hydrogen-bond donors (Lipinski definition) is 2. The molecule has 0 saturated carbocycles. The highest BCUT2D eigenvalue weighted by atomic mass is 19.1. The first kappa shape index (κ1) is 17.6. The van der Waals surface area contributed by atoms with Gasteiger partial charge < -0.3 is 10.6 Å². The van der Waals surface area contributed by atoms with Crippen LogP contribution in [0.4, 0.5) is 15.8 Å². The summed E-state index contributed by atoms with van der Waals surface area (Å²) < 4.78 is 13.6. The van der Waals surface area contributed by atoms with Crippen LogP contribution in [0.5, 0.6) is 0 Å². The summed E-state index contributed by atoms with van der Waals surface area (Å²) in [6, 6.07) is 15.9. The number of carbonyl (C=O) groups excluding carboxylic acids is 1. The lowest BCUT2D eigenvalue weighted by Gasteiger charge is -2.10. The summed E-state index contributed by atoms with van der Waals surface area (Å²) >= 11 is 0. The minimum absolute atomic E-state index is 0.113. The third-order valence-electron chi connectivity index (χ3n) is 4.19. The van der Waals surface area contributed by atoms with Crippen LogP contribution in [0, 0.1) is 19.7 Å². The summed E-state index contributed by atoms with van der Waals surface area (Å²) in [5, 5.41) is 5.96. The summed E-state index contributed by atoms with van der Waals surface area (Å²) in [6.07, 6.45) is 1.57. The predicted octanol–water partition coefficient (Wildman–Crippen LogP) is 4.51. The minimum Gasteiger partial charge on any atom is -0.355 e. The molecular weight excluding hydrogens is 329 g/mol. The van der Waals surface area contributed by atoms with Gasteiger partial charge in [0, 0.05) is 29.7 Å². The average molecular weight is 349 g/mol. The summed E-state index contributed by atoms with van der Waals surface area (Å²) in [7, 11) is 0. The van der Waals surface area contributed by atoms with E-state index in [1.165, 1.54) is 17.2 Å². The SMILES string of the molecule is Cc1ccc(Nc2ccnc(C(=O)NCc3ccccc3F)c2)cc1C. The number of amides is 1. The van der Waals surface area contributed by atoms with Crippen molar-refractivity contribution < 1.29 is 9.18 Å². The second kappa shape index (κ2) is 7.78. The fraction of sp³-hybridized carbons (Fsp3) is 0.143. The van der Waals surface area contributed by atoms with Gasteiger partial charge in [-0.2, -0.15) is 0 Å². The number of pyridine rings is 1. The van der Waals surface area contributed by atoms with Crippen LogP contribution in [0.2, 0.25) is 0 Å². The van der Waals surface area contributed by atoms with Crippen molar-refractivity contribution in [2.75, 3.05) is 5.32 Å². The maximum Gasteiger partial charge on any atom is 0.270 e. The fourth-order valence-corrected chi connectivity index (χ4v) is 2.53. The number of carbonyl (C=O) groups is 1. The lowest BCUT2D eigenvalue weighted by atomic mass is 10.1. The Morgan fingerprint density at radius 1 is 1.00 bits per heavy atom. The van der Waals surface area contributed by atoms with Crippen LogP contribution in [-0.4, -0.2) is 10.9 Å². The first-order chi connectivity index (χ1) is 12.5. The van der Waals surface area contributed by atoms with Crippen LogP contribution >= 0.6 is 0 Å². The van der Waals surface area contributed by atoms with E-state index in [9.17, 15) is 9.18 Å². The Morgan fingerprint density at radius 3 is 2.54 bits per heavy atom. The normalized spacial score (nSPS) is 10.4. The predicted molar refractivity (Wildman–Crippen MR) is 101 cm³/mol. The quantitative estimate of drug-likeness (QED) is 0.712. The molecule has 2 N–H and O–H groups in total. The van der Waals surface area contributed by atoms with Crippen LogP contribution in [0.1, 0.15) is 27.2 Å². The number of rotatable bonds is 5. The van der Waals surface area contributed by atoms with Gasteiger partial charge in [-0.15, -0.1) is 0 Å². The Hall–Kier alpha value is -3.21. The first-order valence-electron chi connectivity index (χ1n) is 8.35. The number of aryl methyl sites for hydroxylation is 2. The molecule has 1 heterocycles. The number of nitrogens with one attached hydrogen (secondary N) is 2. The zero-order valence-electron chi connectivity index (χ0n) is 14.7. The van der Waals surface area contributed by atoms with Gasteiger partial charge in [0.2, 0.25) is 0 Å². The fourth-order valence-electron chi connectivity index (χ4n) is 2.53. The van der Waals surface area contributed by atoms with Crippen LogP contribution in [-0.2, 0) is 6.54 Å². The first-order valence-corrected chi connectivity index (χ1v) is 8.35. The molecule has 5 heteroatoms. The van der Waals surface area contributed by atoms with E-state index in [1.54, 1.807) is 36.5 Å². The Kier molecular flexibility index (Phi) is 5.27. The largest absolute Gasteiger partial charge is 0.355 e. The zero-order chi connectivity index (χ0) is 18.5. The lowest BCUT2D eigenvalue weighted by Crippen LogP contribution is -2.24. The highest BCUT2D eigenvalue weighted by Gasteiger charge is 2.09. The van der Waals surface area contributed by atoms with Gasteiger partial charge in [0.25, 0.3) is 5.91 Å². The van der Waals surface area contributed by atoms with E-state index in [0.717, 1.165) is 11.4 Å². The highest BCUT2D eigenvalue weighted by Crippen LogP contribution is 2.19. The molecule has 0 unspecified atom stereocenters. The van der Waals surface area contributed by atoms with Gasteiger partial charge in [0.1, 0.15) is 11.5 Å². The molecule has 3 aromatic rings. The van der Waals surface area contributed by atoms with Crippen LogP contribution < -0.4 is 10.6 Å². The number of aromatic nitrogens is 1. The molecule has 2 aromatic carbocycles. The molecule has 0 aliphatic rings. The van der Waals surface area contributed by atoms with E-state index in [2.05, 4.69) is 29.5 Å². The molecule has 0 spiro atoms. The molecule has 0 bridgehead atoms. The third-order valence-corrected chi connectivity index (χ3v) is 4.19. The number of nitrogens with zero attached hydrogens (tertiary/aromatic N) is 1. The van der Waals surface area contributed by atoms with Crippen molar-refractivity contribution in [2.24, 2.45) is 0 Å². The number of benzene rings is 2. The average Bonchev–Trinajstić information content (AvgIpc) is 2.64. The van der Waals surface area contributed by atoms with Crippen LogP contribution in [0.25, 0.3) is 0 Å². The smallest absolute Gasteiger partial charge is 0.270 e. The van der Waals surface area contributed by atoms with Crippen molar-refractivity contribution in [3.63, 3.8) is 0 Å². The molecule has 1 amide bonds. The van der Waals surface area contributed by atoms with E-state index in [1.807, 2.05) is 18.2 Å². The van der Waals surface area contributed by atoms with Gasteiger partial charge in [-0.05, 0) is 55.3 Å². The molecule has 4 nitrogen and oxygen atoms in total. The summed E-state index contributed by atoms with van der Waals surface area (Å²) in [5.74, 6) is -0.692. The molecule has 0 saturated heterocycles. The maximum atomic E-state index is 13.6. The topological polar surface area (TPSA) is 54.0 Å². The molecule has 0 aliphatic heterocycles. The van der Waals surface area contributed by atoms with Crippen molar-refractivity contribution in [3.8, 4) is 0 Å². The summed E-state index contributed by atoms with van der Waals surface area (Å²) in [5.41, 5.74) is 4.82. The Balaban J connectivity index is 1.69. The van der Waals surface area contributed by atoms with E-state index in [0.29, 0.717) is 5.56 Å².